The Kier molecular flexibility index (Phi) is 4.75. The van der Waals surface area contributed by atoms with Gasteiger partial charge in [0.1, 0.15) is 0 Å². The molecule has 0 aromatic heterocycles. The first kappa shape index (κ1) is 15.8. The summed E-state index contributed by atoms with van der Waals surface area (Å²) in [5.41, 5.74) is 5.58. The van der Waals surface area contributed by atoms with Crippen LogP contribution in [0.4, 0.5) is 0 Å². The lowest BCUT2D eigenvalue weighted by atomic mass is 9.60. The number of hydrogen-bond donors (Lipinski definition) is 2. The van der Waals surface area contributed by atoms with Gasteiger partial charge in [-0.05, 0) is 39.5 Å². The van der Waals surface area contributed by atoms with Gasteiger partial charge in [0, 0.05) is 18.1 Å². The van der Waals surface area contributed by atoms with Gasteiger partial charge >= 0.3 is 0 Å². The predicted molar refractivity (Wildman–Crippen MR) is 80.4 cm³/mol. The highest BCUT2D eigenvalue weighted by Gasteiger charge is 2.57. The molecule has 2 aliphatic carbocycles. The Morgan fingerprint density at radius 3 is 2.60 bits per heavy atom. The Labute approximate surface area is 122 Å². The lowest BCUT2D eigenvalue weighted by Gasteiger charge is -2.54. The van der Waals surface area contributed by atoms with Crippen LogP contribution in [0.2, 0.25) is 0 Å². The number of carbonyl (C=O) groups excluding carboxylic acids is 1. The average Bonchev–Trinajstić information content (AvgIpc) is 2.89. The van der Waals surface area contributed by atoms with E-state index in [1.807, 2.05) is 13.8 Å². The van der Waals surface area contributed by atoms with E-state index in [-0.39, 0.29) is 17.4 Å². The van der Waals surface area contributed by atoms with E-state index in [1.165, 1.54) is 25.7 Å². The highest BCUT2D eigenvalue weighted by Crippen LogP contribution is 2.54. The lowest BCUT2D eigenvalue weighted by Crippen LogP contribution is -2.66. The Morgan fingerprint density at radius 2 is 2.05 bits per heavy atom. The Balaban J connectivity index is 1.98. The van der Waals surface area contributed by atoms with E-state index in [1.54, 1.807) is 0 Å². The maximum absolute atomic E-state index is 12.4. The number of nitrogens with two attached hydrogens (primary N) is 1. The summed E-state index contributed by atoms with van der Waals surface area (Å²) in [4.78, 5) is 12.4. The number of rotatable bonds is 6. The summed E-state index contributed by atoms with van der Waals surface area (Å²) in [7, 11) is 0. The molecule has 4 heteroatoms. The maximum Gasteiger partial charge on any atom is 0.240 e. The van der Waals surface area contributed by atoms with Crippen molar-refractivity contribution in [2.45, 2.75) is 83.4 Å². The van der Waals surface area contributed by atoms with Crippen LogP contribution < -0.4 is 11.1 Å². The average molecular weight is 282 g/mol. The topological polar surface area (TPSA) is 64.4 Å². The molecule has 4 nitrogen and oxygen atoms in total. The van der Waals surface area contributed by atoms with Gasteiger partial charge < -0.3 is 15.8 Å². The molecule has 0 aromatic rings. The summed E-state index contributed by atoms with van der Waals surface area (Å²) in [6, 6.07) is 0.258. The van der Waals surface area contributed by atoms with Crippen molar-refractivity contribution in [3.8, 4) is 0 Å². The number of ether oxygens (including phenoxy) is 1. The van der Waals surface area contributed by atoms with Gasteiger partial charge in [0.25, 0.3) is 0 Å². The zero-order chi connectivity index (χ0) is 14.8. The fraction of sp³-hybridized carbons (Fsp3) is 0.938. The highest BCUT2D eigenvalue weighted by molar-refractivity contribution is 5.86. The maximum atomic E-state index is 12.4. The standard InChI is InChI=1S/C16H30N2O2/c1-4-8-15(3,17)14(19)18-12-11-13(20-5-2)16(12)9-6-7-10-16/h12-13H,4-11,17H2,1-3H3,(H,18,19). The fourth-order valence-corrected chi connectivity index (χ4v) is 4.04. The van der Waals surface area contributed by atoms with Crippen molar-refractivity contribution in [3.63, 3.8) is 0 Å². The van der Waals surface area contributed by atoms with Crippen LogP contribution in [0, 0.1) is 5.41 Å². The van der Waals surface area contributed by atoms with Gasteiger partial charge in [0.05, 0.1) is 11.6 Å². The largest absolute Gasteiger partial charge is 0.378 e. The Morgan fingerprint density at radius 1 is 1.40 bits per heavy atom. The molecule has 0 saturated heterocycles. The van der Waals surface area contributed by atoms with Gasteiger partial charge in [-0.2, -0.15) is 0 Å². The summed E-state index contributed by atoms with van der Waals surface area (Å²) >= 11 is 0. The minimum absolute atomic E-state index is 0.00516. The predicted octanol–water partition coefficient (Wildman–Crippen LogP) is 2.36. The molecule has 1 spiro atoms. The smallest absolute Gasteiger partial charge is 0.240 e. The minimum atomic E-state index is -0.745. The van der Waals surface area contributed by atoms with Crippen LogP contribution in [0.3, 0.4) is 0 Å². The molecule has 3 N–H and O–H groups in total. The zero-order valence-corrected chi connectivity index (χ0v) is 13.2. The molecule has 3 unspecified atom stereocenters. The second-order valence-corrected chi connectivity index (χ2v) is 6.81. The highest BCUT2D eigenvalue weighted by atomic mass is 16.5. The Hall–Kier alpha value is -0.610. The molecule has 116 valence electrons. The molecule has 2 fully saturated rings. The van der Waals surface area contributed by atoms with E-state index >= 15 is 0 Å². The molecular formula is C16H30N2O2. The molecule has 2 aliphatic rings. The van der Waals surface area contributed by atoms with Crippen LogP contribution in [0.5, 0.6) is 0 Å². The first-order valence-electron chi connectivity index (χ1n) is 8.17. The number of carbonyl (C=O) groups is 1. The number of hydrogen-bond acceptors (Lipinski definition) is 3. The molecule has 0 aromatic carbocycles. The summed E-state index contributed by atoms with van der Waals surface area (Å²) in [5.74, 6) is 0.00516. The zero-order valence-electron chi connectivity index (χ0n) is 13.2. The van der Waals surface area contributed by atoms with Gasteiger partial charge in [0.2, 0.25) is 5.91 Å². The van der Waals surface area contributed by atoms with E-state index in [2.05, 4.69) is 12.2 Å². The summed E-state index contributed by atoms with van der Waals surface area (Å²) in [5, 5.41) is 3.22. The van der Waals surface area contributed by atoms with Gasteiger partial charge in [0.15, 0.2) is 0 Å². The molecule has 1 amide bonds. The molecule has 3 atom stereocenters. The SMILES string of the molecule is CCCC(C)(N)C(=O)NC1CC(OCC)C12CCCC2. The first-order valence-corrected chi connectivity index (χ1v) is 8.17. The van der Waals surface area contributed by atoms with Crippen molar-refractivity contribution in [2.75, 3.05) is 6.61 Å². The van der Waals surface area contributed by atoms with Crippen molar-refractivity contribution in [1.82, 2.24) is 5.32 Å². The van der Waals surface area contributed by atoms with Crippen LogP contribution in [0.15, 0.2) is 0 Å². The summed E-state index contributed by atoms with van der Waals surface area (Å²) < 4.78 is 5.88. The lowest BCUT2D eigenvalue weighted by molar-refractivity contribution is -0.147. The van der Waals surface area contributed by atoms with Crippen LogP contribution in [0.25, 0.3) is 0 Å². The quantitative estimate of drug-likeness (QED) is 0.786. The van der Waals surface area contributed by atoms with Crippen molar-refractivity contribution < 1.29 is 9.53 Å². The van der Waals surface area contributed by atoms with Gasteiger partial charge in [-0.25, -0.2) is 0 Å². The van der Waals surface area contributed by atoms with Crippen molar-refractivity contribution in [2.24, 2.45) is 11.1 Å². The molecular weight excluding hydrogens is 252 g/mol. The second-order valence-electron chi connectivity index (χ2n) is 6.81. The van der Waals surface area contributed by atoms with E-state index in [4.69, 9.17) is 10.5 Å². The fourth-order valence-electron chi connectivity index (χ4n) is 4.04. The monoisotopic (exact) mass is 282 g/mol. The molecule has 20 heavy (non-hydrogen) atoms. The van der Waals surface area contributed by atoms with Gasteiger partial charge in [-0.3, -0.25) is 4.79 Å². The third kappa shape index (κ3) is 2.73. The van der Waals surface area contributed by atoms with Crippen LogP contribution in [0.1, 0.15) is 65.7 Å². The van der Waals surface area contributed by atoms with Crippen molar-refractivity contribution in [1.29, 1.82) is 0 Å². The van der Waals surface area contributed by atoms with E-state index in [0.717, 1.165) is 25.9 Å². The summed E-state index contributed by atoms with van der Waals surface area (Å²) in [6.45, 7) is 6.71. The normalized spacial score (nSPS) is 30.8. The summed E-state index contributed by atoms with van der Waals surface area (Å²) in [6.07, 6.45) is 7.80. The number of nitrogens with one attached hydrogen (secondary N) is 1. The van der Waals surface area contributed by atoms with Crippen LogP contribution >= 0.6 is 0 Å². The van der Waals surface area contributed by atoms with Crippen LogP contribution in [-0.4, -0.2) is 30.2 Å². The number of amides is 1. The molecule has 0 heterocycles. The van der Waals surface area contributed by atoms with E-state index in [9.17, 15) is 4.79 Å². The first-order chi connectivity index (χ1) is 9.46. The molecule has 0 radical (unpaired) electrons. The third-order valence-electron chi connectivity index (χ3n) is 5.28. The Bertz CT molecular complexity index is 348. The molecule has 2 rings (SSSR count). The van der Waals surface area contributed by atoms with E-state index in [0.29, 0.717) is 6.10 Å². The van der Waals surface area contributed by atoms with Gasteiger partial charge in [-0.1, -0.05) is 26.2 Å². The minimum Gasteiger partial charge on any atom is -0.378 e. The molecule has 2 saturated carbocycles. The third-order valence-corrected chi connectivity index (χ3v) is 5.28. The van der Waals surface area contributed by atoms with E-state index < -0.39 is 5.54 Å². The second kappa shape index (κ2) is 6.02. The van der Waals surface area contributed by atoms with Crippen molar-refractivity contribution >= 4 is 5.91 Å². The molecule has 0 aliphatic heterocycles. The van der Waals surface area contributed by atoms with Crippen molar-refractivity contribution in [3.05, 3.63) is 0 Å². The van der Waals surface area contributed by atoms with Crippen LogP contribution in [-0.2, 0) is 9.53 Å². The molecule has 0 bridgehead atoms. The van der Waals surface area contributed by atoms with Gasteiger partial charge in [-0.15, -0.1) is 0 Å².